The van der Waals surface area contributed by atoms with Crippen LogP contribution in [0.1, 0.15) is 130 Å². The molecule has 1 aliphatic rings. The molecular weight excluding hydrogens is 406 g/mol. The molecule has 1 heterocycles. The monoisotopic (exact) mass is 462 g/mol. The third-order valence-corrected chi connectivity index (χ3v) is 7.26. The molecule has 0 saturated carbocycles. The Labute approximate surface area is 206 Å². The molecule has 0 saturated heterocycles. The van der Waals surface area contributed by atoms with Gasteiger partial charge in [0.15, 0.2) is 6.17 Å². The highest BCUT2D eigenvalue weighted by atomic mass is 16.1. The number of quaternary nitrogens is 1. The van der Waals surface area contributed by atoms with Crippen molar-refractivity contribution in [2.75, 3.05) is 19.6 Å². The van der Waals surface area contributed by atoms with Crippen molar-refractivity contribution in [2.45, 2.75) is 136 Å². The lowest BCUT2D eigenvalue weighted by molar-refractivity contribution is -0.898. The van der Waals surface area contributed by atoms with Gasteiger partial charge in [-0.25, -0.2) is 0 Å². The lowest BCUT2D eigenvalue weighted by atomic mass is 10.0. The van der Waals surface area contributed by atoms with Crippen LogP contribution in [0.3, 0.4) is 0 Å². The van der Waals surface area contributed by atoms with Crippen LogP contribution < -0.4 is 10.6 Å². The molecular formula is C29H56N3O+. The van der Waals surface area contributed by atoms with Gasteiger partial charge in [0.05, 0.1) is 19.3 Å². The fourth-order valence-electron chi connectivity index (χ4n) is 4.99. The van der Waals surface area contributed by atoms with Gasteiger partial charge >= 0.3 is 0 Å². The topological polar surface area (TPSA) is 41.1 Å². The van der Waals surface area contributed by atoms with Gasteiger partial charge in [0.25, 0.3) is 0 Å². The van der Waals surface area contributed by atoms with Gasteiger partial charge in [0.2, 0.25) is 5.91 Å². The standard InChI is InChI=1S/C29H55N3O/c1-4-6-7-8-9-10-11-12-13-14-15-16-17-18-19-20-21-22-23-29-31-25-27-32(29,5-2)26-24-30-28(3)33/h19-20,25,27,29,31H,4-18,21-24,26H2,1-3H3/p+1/b20-19+. The number of hydrogen-bond acceptors (Lipinski definition) is 2. The number of rotatable bonds is 22. The summed E-state index contributed by atoms with van der Waals surface area (Å²) in [7, 11) is 0. The molecule has 1 aliphatic heterocycles. The third kappa shape index (κ3) is 14.6. The summed E-state index contributed by atoms with van der Waals surface area (Å²) in [5.41, 5.74) is 0. The first-order valence-corrected chi connectivity index (χ1v) is 14.3. The quantitative estimate of drug-likeness (QED) is 0.0989. The van der Waals surface area contributed by atoms with Crippen molar-refractivity contribution >= 4 is 5.91 Å². The minimum atomic E-state index is 0.0607. The molecule has 4 nitrogen and oxygen atoms in total. The number of nitrogens with one attached hydrogen (secondary N) is 2. The largest absolute Gasteiger partial charge is 0.351 e. The summed E-state index contributed by atoms with van der Waals surface area (Å²) in [6, 6.07) is 0. The summed E-state index contributed by atoms with van der Waals surface area (Å²) in [5, 5.41) is 6.50. The minimum Gasteiger partial charge on any atom is -0.351 e. The number of nitrogens with zero attached hydrogens (tertiary/aromatic N) is 1. The van der Waals surface area contributed by atoms with Crippen LogP contribution in [0, 0.1) is 0 Å². The molecule has 2 N–H and O–H groups in total. The molecule has 0 bridgehead atoms. The molecule has 0 aromatic rings. The summed E-state index contributed by atoms with van der Waals surface area (Å²) in [6.45, 7) is 8.89. The Morgan fingerprint density at radius 2 is 1.39 bits per heavy atom. The van der Waals surface area contributed by atoms with Gasteiger partial charge in [-0.2, -0.15) is 0 Å². The summed E-state index contributed by atoms with van der Waals surface area (Å²) in [6.07, 6.45) is 32.9. The van der Waals surface area contributed by atoms with E-state index >= 15 is 0 Å². The van der Waals surface area contributed by atoms with E-state index in [0.29, 0.717) is 6.17 Å². The van der Waals surface area contributed by atoms with Gasteiger partial charge in [-0.1, -0.05) is 96.1 Å². The third-order valence-electron chi connectivity index (χ3n) is 7.26. The molecule has 0 aliphatic carbocycles. The zero-order valence-corrected chi connectivity index (χ0v) is 22.4. The second-order valence-corrected chi connectivity index (χ2v) is 10.1. The Kier molecular flexibility index (Phi) is 18.1. The number of allylic oxidation sites excluding steroid dienone is 2. The van der Waals surface area contributed by atoms with E-state index < -0.39 is 0 Å². The fourth-order valence-corrected chi connectivity index (χ4v) is 4.99. The van der Waals surface area contributed by atoms with Crippen molar-refractivity contribution < 1.29 is 9.28 Å². The highest BCUT2D eigenvalue weighted by Crippen LogP contribution is 2.22. The van der Waals surface area contributed by atoms with Crippen molar-refractivity contribution in [2.24, 2.45) is 0 Å². The highest BCUT2D eigenvalue weighted by Gasteiger charge is 2.35. The average molecular weight is 463 g/mol. The summed E-state index contributed by atoms with van der Waals surface area (Å²) < 4.78 is 0.933. The second-order valence-electron chi connectivity index (χ2n) is 10.1. The van der Waals surface area contributed by atoms with Gasteiger partial charge in [0.1, 0.15) is 12.7 Å². The van der Waals surface area contributed by atoms with Crippen LogP contribution in [0.2, 0.25) is 0 Å². The molecule has 0 aromatic heterocycles. The average Bonchev–Trinajstić information content (AvgIpc) is 3.21. The van der Waals surface area contributed by atoms with Gasteiger partial charge < -0.3 is 10.6 Å². The number of unbranched alkanes of at least 4 members (excludes halogenated alkanes) is 14. The van der Waals surface area contributed by atoms with E-state index in [4.69, 9.17) is 0 Å². The molecule has 33 heavy (non-hydrogen) atoms. The second kappa shape index (κ2) is 20.1. The lowest BCUT2D eigenvalue weighted by Crippen LogP contribution is -2.55. The zero-order valence-electron chi connectivity index (χ0n) is 22.4. The van der Waals surface area contributed by atoms with Crippen molar-refractivity contribution in [3.8, 4) is 0 Å². The smallest absolute Gasteiger partial charge is 0.217 e. The molecule has 2 atom stereocenters. The molecule has 4 heteroatoms. The summed E-state index contributed by atoms with van der Waals surface area (Å²) in [5.74, 6) is 0.0607. The Bertz CT molecular complexity index is 531. The van der Waals surface area contributed by atoms with Gasteiger partial charge in [-0.3, -0.25) is 9.28 Å². The molecule has 2 unspecified atom stereocenters. The zero-order chi connectivity index (χ0) is 24.0. The van der Waals surface area contributed by atoms with Gasteiger partial charge in [0, 0.05) is 13.3 Å². The molecule has 192 valence electrons. The van der Waals surface area contributed by atoms with Crippen LogP contribution in [0.4, 0.5) is 0 Å². The molecule has 0 radical (unpaired) electrons. The first-order chi connectivity index (χ1) is 16.1. The van der Waals surface area contributed by atoms with Crippen molar-refractivity contribution in [1.29, 1.82) is 0 Å². The summed E-state index contributed by atoms with van der Waals surface area (Å²) in [4.78, 5) is 11.2. The Morgan fingerprint density at radius 3 is 1.94 bits per heavy atom. The Hall–Kier alpha value is -1.29. The molecule has 0 spiro atoms. The van der Waals surface area contributed by atoms with E-state index in [1.54, 1.807) is 6.92 Å². The predicted octanol–water partition coefficient (Wildman–Crippen LogP) is 7.57. The number of carbonyl (C=O) groups is 1. The highest BCUT2D eigenvalue weighted by molar-refractivity contribution is 5.72. The first kappa shape index (κ1) is 29.7. The van der Waals surface area contributed by atoms with Gasteiger partial charge in [-0.15, -0.1) is 0 Å². The normalized spacial score (nSPS) is 19.9. The number of amides is 1. The first-order valence-electron chi connectivity index (χ1n) is 14.3. The van der Waals surface area contributed by atoms with E-state index in [-0.39, 0.29) is 5.91 Å². The number of hydrogen-bond donors (Lipinski definition) is 2. The van der Waals surface area contributed by atoms with Crippen LogP contribution in [-0.4, -0.2) is 36.2 Å². The van der Waals surface area contributed by atoms with Crippen LogP contribution in [0.25, 0.3) is 0 Å². The van der Waals surface area contributed by atoms with E-state index in [1.807, 2.05) is 0 Å². The van der Waals surface area contributed by atoms with Crippen LogP contribution in [0.5, 0.6) is 0 Å². The maximum atomic E-state index is 11.2. The maximum Gasteiger partial charge on any atom is 0.217 e. The number of carbonyl (C=O) groups excluding carboxylic acids is 1. The van der Waals surface area contributed by atoms with Crippen LogP contribution >= 0.6 is 0 Å². The molecule has 1 rings (SSSR count). The van der Waals surface area contributed by atoms with E-state index in [2.05, 4.69) is 49.0 Å². The lowest BCUT2D eigenvalue weighted by Gasteiger charge is -2.37. The van der Waals surface area contributed by atoms with E-state index in [0.717, 1.165) is 24.1 Å². The Balaban J connectivity index is 1.95. The Morgan fingerprint density at radius 1 is 0.848 bits per heavy atom. The van der Waals surface area contributed by atoms with Crippen molar-refractivity contribution in [3.63, 3.8) is 0 Å². The predicted molar refractivity (Wildman–Crippen MR) is 144 cm³/mol. The van der Waals surface area contributed by atoms with Crippen molar-refractivity contribution in [1.82, 2.24) is 10.6 Å². The fraction of sp³-hybridized carbons (Fsp3) is 0.828. The number of likely N-dealkylation sites (N-methyl/N-ethyl adjacent to an activating group) is 1. The summed E-state index contributed by atoms with van der Waals surface area (Å²) >= 11 is 0. The van der Waals surface area contributed by atoms with Crippen LogP contribution in [-0.2, 0) is 4.79 Å². The van der Waals surface area contributed by atoms with Gasteiger partial charge in [-0.05, 0) is 32.6 Å². The minimum absolute atomic E-state index is 0.0607. The molecule has 0 aromatic carbocycles. The van der Waals surface area contributed by atoms with E-state index in [1.165, 1.54) is 109 Å². The van der Waals surface area contributed by atoms with E-state index in [9.17, 15) is 4.79 Å². The van der Waals surface area contributed by atoms with Crippen LogP contribution in [0.15, 0.2) is 24.6 Å². The molecule has 1 amide bonds. The maximum absolute atomic E-state index is 11.2. The SMILES string of the molecule is CCCCCCCCCCCCCCC/C=C/CCCC1NC=C[N+]1(CC)CCNC(C)=O. The molecule has 0 fully saturated rings. The van der Waals surface area contributed by atoms with Crippen molar-refractivity contribution in [3.05, 3.63) is 24.6 Å².